The molecule has 0 spiro atoms. The molecule has 2 heterocycles. The Balaban J connectivity index is 1.03. The van der Waals surface area contributed by atoms with Crippen LogP contribution in [0.2, 0.25) is 5.02 Å². The Morgan fingerprint density at radius 2 is 1.86 bits per heavy atom. The molecule has 11 heteroatoms. The van der Waals surface area contributed by atoms with Crippen LogP contribution in [0.1, 0.15) is 48.2 Å². The third-order valence-corrected chi connectivity index (χ3v) is 10.7. The zero-order valence-corrected chi connectivity index (χ0v) is 31.2. The van der Waals surface area contributed by atoms with Crippen LogP contribution in [-0.2, 0) is 13.0 Å². The van der Waals surface area contributed by atoms with Gasteiger partial charge in [-0.05, 0) is 115 Å². The summed E-state index contributed by atoms with van der Waals surface area (Å²) < 4.78 is 2.89. The molecule has 6 rings (SSSR count). The second-order valence-corrected chi connectivity index (χ2v) is 15.4. The van der Waals surface area contributed by atoms with Crippen molar-refractivity contribution in [2.24, 2.45) is 5.92 Å². The van der Waals surface area contributed by atoms with Gasteiger partial charge in [-0.3, -0.25) is 24.5 Å². The van der Waals surface area contributed by atoms with E-state index in [4.69, 9.17) is 11.6 Å². The predicted octanol–water partition coefficient (Wildman–Crippen LogP) is 8.38. The van der Waals surface area contributed by atoms with Crippen molar-refractivity contribution in [3.63, 3.8) is 0 Å². The number of nitrogens with one attached hydrogen (secondary N) is 2. The zero-order chi connectivity index (χ0) is 35.9. The van der Waals surface area contributed by atoms with Gasteiger partial charge in [0.2, 0.25) is 0 Å². The van der Waals surface area contributed by atoms with Crippen LogP contribution in [0.25, 0.3) is 11.1 Å². The zero-order valence-electron chi connectivity index (χ0n) is 29.6. The van der Waals surface area contributed by atoms with Crippen LogP contribution in [0.4, 0.5) is 17.1 Å². The van der Waals surface area contributed by atoms with Crippen LogP contribution in [0.5, 0.6) is 0 Å². The highest BCUT2D eigenvalue weighted by Crippen LogP contribution is 2.35. The highest BCUT2D eigenvalue weighted by molar-refractivity contribution is 7.98. The normalized spacial score (nSPS) is 15.8. The summed E-state index contributed by atoms with van der Waals surface area (Å²) in [5.74, 6) is 0.378. The summed E-state index contributed by atoms with van der Waals surface area (Å²) in [6.45, 7) is 10.7. The monoisotopic (exact) mass is 726 g/mol. The van der Waals surface area contributed by atoms with Crippen molar-refractivity contribution in [2.45, 2.75) is 50.6 Å². The van der Waals surface area contributed by atoms with Crippen LogP contribution in [0.3, 0.4) is 0 Å². The van der Waals surface area contributed by atoms with Gasteiger partial charge in [-0.15, -0.1) is 0 Å². The fourth-order valence-corrected chi connectivity index (χ4v) is 8.05. The number of halogens is 1. The quantitative estimate of drug-likeness (QED) is 0.0580. The van der Waals surface area contributed by atoms with E-state index < -0.39 is 0 Å². The third kappa shape index (κ3) is 9.43. The minimum absolute atomic E-state index is 0.000943. The first-order valence-electron chi connectivity index (χ1n) is 17.8. The van der Waals surface area contributed by atoms with Crippen molar-refractivity contribution in [1.82, 2.24) is 14.5 Å². The fourth-order valence-electron chi connectivity index (χ4n) is 7.29. The Kier molecular flexibility index (Phi) is 12.2. The lowest BCUT2D eigenvalue weighted by Gasteiger charge is -2.46. The molecule has 0 saturated carbocycles. The van der Waals surface area contributed by atoms with E-state index in [9.17, 15) is 14.9 Å². The standard InChI is InChI=1S/C40H47ClN6O3S/c1-28(2)25-44(3)20-6-19-42-37-17-16-35(24-39(37)47(49)50)51-43-40(48)31-12-18-38-30(23-31)11-15-34-27-45(21-22-46(34)38)26-32-7-4-5-8-36(32)29-9-13-33(41)14-10-29/h4-5,7-10,12-14,16-18,23-24,28,34,42H,6,11,15,19-22,25-27H2,1-3H3,(H,43,48). The number of nitro groups is 1. The smallest absolute Gasteiger partial charge is 0.293 e. The van der Waals surface area contributed by atoms with Crippen molar-refractivity contribution in [3.8, 4) is 11.1 Å². The van der Waals surface area contributed by atoms with E-state index >= 15 is 0 Å². The number of amides is 1. The molecule has 51 heavy (non-hydrogen) atoms. The largest absolute Gasteiger partial charge is 0.379 e. The third-order valence-electron chi connectivity index (χ3n) is 9.67. The van der Waals surface area contributed by atoms with E-state index in [1.165, 1.54) is 34.0 Å². The predicted molar refractivity (Wildman–Crippen MR) is 210 cm³/mol. The molecule has 1 saturated heterocycles. The second kappa shape index (κ2) is 17.0. The molecular weight excluding hydrogens is 680 g/mol. The number of fused-ring (bicyclic) bond motifs is 3. The number of carbonyl (C=O) groups excluding carboxylic acids is 1. The van der Waals surface area contributed by atoms with E-state index in [1.54, 1.807) is 12.1 Å². The Morgan fingerprint density at radius 3 is 2.65 bits per heavy atom. The maximum atomic E-state index is 13.2. The first-order chi connectivity index (χ1) is 24.6. The molecule has 0 radical (unpaired) electrons. The Hall–Kier alpha value is -4.09. The molecule has 1 fully saturated rings. The first-order valence-corrected chi connectivity index (χ1v) is 19.0. The molecule has 4 aromatic carbocycles. The second-order valence-electron chi connectivity index (χ2n) is 14.0. The summed E-state index contributed by atoms with van der Waals surface area (Å²) >= 11 is 7.25. The molecule has 1 atom stereocenters. The number of rotatable bonds is 14. The number of benzene rings is 4. The molecule has 2 aliphatic rings. The number of carbonyl (C=O) groups is 1. The first kappa shape index (κ1) is 36.7. The number of anilines is 2. The van der Waals surface area contributed by atoms with Gasteiger partial charge in [0.25, 0.3) is 11.6 Å². The van der Waals surface area contributed by atoms with E-state index in [1.807, 2.05) is 24.3 Å². The lowest BCUT2D eigenvalue weighted by atomic mass is 9.92. The number of nitro benzene ring substituents is 1. The van der Waals surface area contributed by atoms with Crippen LogP contribution in [0.15, 0.2) is 89.8 Å². The topological polar surface area (TPSA) is 94.0 Å². The Labute approximate surface area is 310 Å². The van der Waals surface area contributed by atoms with Crippen LogP contribution in [-0.4, -0.2) is 73.0 Å². The van der Waals surface area contributed by atoms with Gasteiger partial charge in [0.15, 0.2) is 0 Å². The van der Waals surface area contributed by atoms with Crippen molar-refractivity contribution in [3.05, 3.63) is 117 Å². The van der Waals surface area contributed by atoms with E-state index in [2.05, 4.69) is 88.1 Å². The summed E-state index contributed by atoms with van der Waals surface area (Å²) in [6, 6.07) is 28.1. The van der Waals surface area contributed by atoms with Gasteiger partial charge in [0, 0.05) is 72.5 Å². The van der Waals surface area contributed by atoms with Gasteiger partial charge < -0.3 is 15.1 Å². The summed E-state index contributed by atoms with van der Waals surface area (Å²) in [4.78, 5) is 32.6. The van der Waals surface area contributed by atoms with Gasteiger partial charge in [-0.2, -0.15) is 0 Å². The van der Waals surface area contributed by atoms with Gasteiger partial charge in [0.1, 0.15) is 5.69 Å². The molecule has 268 valence electrons. The molecule has 0 aromatic heterocycles. The molecule has 1 unspecified atom stereocenters. The van der Waals surface area contributed by atoms with Crippen LogP contribution < -0.4 is 14.9 Å². The molecular formula is C40H47ClN6O3S. The van der Waals surface area contributed by atoms with Gasteiger partial charge in [-0.1, -0.05) is 61.8 Å². The van der Waals surface area contributed by atoms with Crippen molar-refractivity contribution < 1.29 is 9.72 Å². The van der Waals surface area contributed by atoms with E-state index in [-0.39, 0.29) is 16.5 Å². The number of piperazine rings is 1. The SMILES string of the molecule is CC(C)CN(C)CCCNc1ccc(SNC(=O)c2ccc3c(c2)CCC2CN(Cc4ccccc4-c4ccc(Cl)cc4)CCN32)cc1[N+](=O)[O-]. The minimum atomic E-state index is -0.379. The summed E-state index contributed by atoms with van der Waals surface area (Å²) in [6.07, 6.45) is 2.82. The highest BCUT2D eigenvalue weighted by Gasteiger charge is 2.32. The maximum absolute atomic E-state index is 13.2. The average molecular weight is 727 g/mol. The minimum Gasteiger partial charge on any atom is -0.379 e. The van der Waals surface area contributed by atoms with Crippen LogP contribution in [0, 0.1) is 16.0 Å². The summed E-state index contributed by atoms with van der Waals surface area (Å²) in [5, 5.41) is 15.8. The summed E-state index contributed by atoms with van der Waals surface area (Å²) in [5.41, 5.74) is 7.21. The molecule has 0 aliphatic carbocycles. The molecule has 9 nitrogen and oxygen atoms in total. The number of aryl methyl sites for hydroxylation is 1. The fraction of sp³-hybridized carbons (Fsp3) is 0.375. The van der Waals surface area contributed by atoms with Crippen molar-refractivity contribution >= 4 is 46.5 Å². The Bertz CT molecular complexity index is 1840. The molecule has 2 aliphatic heterocycles. The molecule has 1 amide bonds. The average Bonchev–Trinajstić information content (AvgIpc) is 3.12. The Morgan fingerprint density at radius 1 is 1.06 bits per heavy atom. The van der Waals surface area contributed by atoms with Crippen LogP contribution >= 0.6 is 23.5 Å². The maximum Gasteiger partial charge on any atom is 0.293 e. The van der Waals surface area contributed by atoms with Gasteiger partial charge in [0.05, 0.1) is 4.92 Å². The number of hydrogen-bond donors (Lipinski definition) is 2. The molecule has 4 aromatic rings. The number of nitrogens with zero attached hydrogens (tertiary/aromatic N) is 4. The summed E-state index contributed by atoms with van der Waals surface area (Å²) in [7, 11) is 2.09. The van der Waals surface area contributed by atoms with E-state index in [0.717, 1.165) is 75.5 Å². The van der Waals surface area contributed by atoms with Gasteiger partial charge in [-0.25, -0.2) is 0 Å². The van der Waals surface area contributed by atoms with Crippen molar-refractivity contribution in [1.29, 1.82) is 0 Å². The highest BCUT2D eigenvalue weighted by atomic mass is 35.5. The molecule has 2 N–H and O–H groups in total. The van der Waals surface area contributed by atoms with Crippen molar-refractivity contribution in [2.75, 3.05) is 56.5 Å². The lowest BCUT2D eigenvalue weighted by Crippen LogP contribution is -2.54. The molecule has 0 bridgehead atoms. The van der Waals surface area contributed by atoms with Gasteiger partial charge >= 0.3 is 0 Å². The van der Waals surface area contributed by atoms with E-state index in [0.29, 0.717) is 34.7 Å². The number of hydrogen-bond acceptors (Lipinski definition) is 8. The lowest BCUT2D eigenvalue weighted by molar-refractivity contribution is -0.384.